The highest BCUT2D eigenvalue weighted by Gasteiger charge is 2.51. The zero-order valence-electron chi connectivity index (χ0n) is 13.6. The molecule has 0 N–H and O–H groups in total. The molecule has 1 spiro atoms. The predicted octanol–water partition coefficient (Wildman–Crippen LogP) is 3.17. The van der Waals surface area contributed by atoms with Crippen LogP contribution in [0.15, 0.2) is 48.8 Å². The number of pyridine rings is 1. The van der Waals surface area contributed by atoms with Crippen molar-refractivity contribution >= 4 is 17.7 Å². The van der Waals surface area contributed by atoms with Crippen molar-refractivity contribution in [3.63, 3.8) is 0 Å². The maximum Gasteiger partial charge on any atom is 0.253 e. The number of nitrogens with zero attached hydrogens (tertiary/aromatic N) is 2. The van der Waals surface area contributed by atoms with Crippen LogP contribution in [0, 0.1) is 6.92 Å². The van der Waals surface area contributed by atoms with Crippen molar-refractivity contribution in [3.05, 3.63) is 59.9 Å². The van der Waals surface area contributed by atoms with Crippen LogP contribution in [0.25, 0.3) is 0 Å². The van der Waals surface area contributed by atoms with E-state index in [0.29, 0.717) is 0 Å². The number of amides is 1. The van der Waals surface area contributed by atoms with Crippen LogP contribution < -0.4 is 4.74 Å². The van der Waals surface area contributed by atoms with Gasteiger partial charge in [0, 0.05) is 37.0 Å². The summed E-state index contributed by atoms with van der Waals surface area (Å²) in [7, 11) is 0. The molecule has 1 amide bonds. The molecule has 0 radical (unpaired) electrons. The lowest BCUT2D eigenvalue weighted by atomic mass is 9.92. The fraction of sp³-hybridized carbons (Fsp3) is 0.368. The van der Waals surface area contributed by atoms with Crippen LogP contribution in [0.4, 0.5) is 0 Å². The summed E-state index contributed by atoms with van der Waals surface area (Å²) >= 11 is 1.94. The van der Waals surface area contributed by atoms with Gasteiger partial charge in [-0.05, 0) is 31.2 Å². The van der Waals surface area contributed by atoms with Crippen molar-refractivity contribution in [1.82, 2.24) is 9.88 Å². The summed E-state index contributed by atoms with van der Waals surface area (Å²) in [6.45, 7) is 3.65. The van der Waals surface area contributed by atoms with Gasteiger partial charge in [-0.1, -0.05) is 17.7 Å². The highest BCUT2D eigenvalue weighted by atomic mass is 32.2. The Labute approximate surface area is 146 Å². The molecule has 1 aromatic carbocycles. The largest absolute Gasteiger partial charge is 0.488 e. The zero-order chi connectivity index (χ0) is 16.6. The third kappa shape index (κ3) is 3.00. The van der Waals surface area contributed by atoms with Gasteiger partial charge < -0.3 is 9.64 Å². The second kappa shape index (κ2) is 6.13. The molecule has 1 aromatic heterocycles. The molecule has 2 saturated heterocycles. The van der Waals surface area contributed by atoms with Crippen LogP contribution in [0.3, 0.4) is 0 Å². The molecular weight excluding hydrogens is 320 g/mol. The lowest BCUT2D eigenvalue weighted by molar-refractivity contribution is 0.0518. The first kappa shape index (κ1) is 15.5. The van der Waals surface area contributed by atoms with Gasteiger partial charge in [-0.25, -0.2) is 0 Å². The monoisotopic (exact) mass is 340 g/mol. The van der Waals surface area contributed by atoms with E-state index in [1.54, 1.807) is 12.4 Å². The van der Waals surface area contributed by atoms with E-state index in [-0.39, 0.29) is 16.8 Å². The third-order valence-electron chi connectivity index (χ3n) is 4.62. The maximum atomic E-state index is 12.6. The molecule has 1 atom stereocenters. The average Bonchev–Trinajstić information content (AvgIpc) is 2.98. The van der Waals surface area contributed by atoms with Gasteiger partial charge in [-0.2, -0.15) is 0 Å². The third-order valence-corrected chi connectivity index (χ3v) is 6.20. The number of carbonyl (C=O) groups is 1. The van der Waals surface area contributed by atoms with Crippen molar-refractivity contribution < 1.29 is 9.53 Å². The number of ether oxygens (including phenoxy) is 1. The number of hydrogen-bond acceptors (Lipinski definition) is 4. The Morgan fingerprint density at radius 2 is 2.21 bits per heavy atom. The molecule has 4 nitrogen and oxygen atoms in total. The molecule has 5 heteroatoms. The Morgan fingerprint density at radius 3 is 2.96 bits per heavy atom. The minimum absolute atomic E-state index is 0.140. The van der Waals surface area contributed by atoms with E-state index in [1.807, 2.05) is 60.0 Å². The summed E-state index contributed by atoms with van der Waals surface area (Å²) in [5.41, 5.74) is 1.91. The molecule has 0 aliphatic carbocycles. The Balaban J connectivity index is 1.34. The van der Waals surface area contributed by atoms with E-state index in [0.717, 1.165) is 42.1 Å². The van der Waals surface area contributed by atoms with Crippen molar-refractivity contribution in [1.29, 1.82) is 0 Å². The minimum atomic E-state index is 0.140. The fourth-order valence-electron chi connectivity index (χ4n) is 3.46. The van der Waals surface area contributed by atoms with E-state index >= 15 is 0 Å². The molecule has 0 unspecified atom stereocenters. The lowest BCUT2D eigenvalue weighted by Gasteiger charge is -2.47. The van der Waals surface area contributed by atoms with E-state index in [9.17, 15) is 4.79 Å². The normalized spacial score (nSPS) is 21.5. The number of carbonyl (C=O) groups excluding carboxylic acids is 1. The van der Waals surface area contributed by atoms with Crippen LogP contribution in [0.2, 0.25) is 0 Å². The van der Waals surface area contributed by atoms with E-state index in [4.69, 9.17) is 4.74 Å². The summed E-state index contributed by atoms with van der Waals surface area (Å²) in [5.74, 6) is 1.94. The maximum absolute atomic E-state index is 12.6. The molecule has 124 valence electrons. The standard InChI is InChI=1S/C19H20N2O2S/c1-14-4-2-5-15(8-14)18(22)21-12-19(13-21)9-17(11-24-19)23-16-6-3-7-20-10-16/h2-8,10,17H,9,11-13H2,1H3/t17-/m1/s1. The molecule has 2 aromatic rings. The van der Waals surface area contributed by atoms with Gasteiger partial charge in [0.25, 0.3) is 5.91 Å². The number of aromatic nitrogens is 1. The molecule has 24 heavy (non-hydrogen) atoms. The second-order valence-corrected chi connectivity index (χ2v) is 8.15. The molecular formula is C19H20N2O2S. The SMILES string of the molecule is Cc1cccc(C(=O)N2CC3(C[C@@H](Oc4cccnc4)CS3)C2)c1. The van der Waals surface area contributed by atoms with Crippen LogP contribution in [-0.4, -0.2) is 45.5 Å². The van der Waals surface area contributed by atoms with Crippen molar-refractivity contribution in [2.45, 2.75) is 24.2 Å². The number of thioether (sulfide) groups is 1. The second-order valence-electron chi connectivity index (χ2n) is 6.66. The average molecular weight is 340 g/mol. The zero-order valence-corrected chi connectivity index (χ0v) is 14.5. The number of rotatable bonds is 3. The molecule has 2 aliphatic heterocycles. The topological polar surface area (TPSA) is 42.4 Å². The van der Waals surface area contributed by atoms with Crippen LogP contribution in [-0.2, 0) is 0 Å². The molecule has 3 heterocycles. The number of aryl methyl sites for hydroxylation is 1. The summed E-state index contributed by atoms with van der Waals surface area (Å²) in [5, 5.41) is 0. The Morgan fingerprint density at radius 1 is 1.33 bits per heavy atom. The van der Waals surface area contributed by atoms with Gasteiger partial charge in [0.2, 0.25) is 0 Å². The summed E-state index contributed by atoms with van der Waals surface area (Å²) < 4.78 is 6.19. The summed E-state index contributed by atoms with van der Waals surface area (Å²) in [4.78, 5) is 18.6. The van der Waals surface area contributed by atoms with Gasteiger partial charge in [-0.15, -0.1) is 11.8 Å². The highest BCUT2D eigenvalue weighted by Crippen LogP contribution is 2.46. The Kier molecular flexibility index (Phi) is 3.96. The molecule has 2 aliphatic rings. The molecule has 0 bridgehead atoms. The number of hydrogen-bond donors (Lipinski definition) is 0. The summed E-state index contributed by atoms with van der Waals surface area (Å²) in [6, 6.07) is 11.7. The number of likely N-dealkylation sites (tertiary alicyclic amines) is 1. The lowest BCUT2D eigenvalue weighted by Crippen LogP contribution is -2.60. The van der Waals surface area contributed by atoms with Crippen LogP contribution in [0.5, 0.6) is 5.75 Å². The van der Waals surface area contributed by atoms with Crippen LogP contribution >= 0.6 is 11.8 Å². The van der Waals surface area contributed by atoms with Gasteiger partial charge in [0.15, 0.2) is 0 Å². The molecule has 4 rings (SSSR count). The van der Waals surface area contributed by atoms with Crippen molar-refractivity contribution in [3.8, 4) is 5.75 Å². The van der Waals surface area contributed by atoms with E-state index < -0.39 is 0 Å². The fourth-order valence-corrected chi connectivity index (χ4v) is 4.98. The first-order valence-electron chi connectivity index (χ1n) is 8.20. The molecule has 0 saturated carbocycles. The summed E-state index contributed by atoms with van der Waals surface area (Å²) in [6.07, 6.45) is 4.70. The van der Waals surface area contributed by atoms with Crippen molar-refractivity contribution in [2.24, 2.45) is 0 Å². The Bertz CT molecular complexity index is 744. The first-order valence-corrected chi connectivity index (χ1v) is 9.19. The van der Waals surface area contributed by atoms with E-state index in [1.165, 1.54) is 0 Å². The number of benzene rings is 1. The van der Waals surface area contributed by atoms with Crippen LogP contribution in [0.1, 0.15) is 22.3 Å². The van der Waals surface area contributed by atoms with E-state index in [2.05, 4.69) is 4.98 Å². The smallest absolute Gasteiger partial charge is 0.253 e. The molecule has 2 fully saturated rings. The van der Waals surface area contributed by atoms with Gasteiger partial charge in [0.1, 0.15) is 11.9 Å². The minimum Gasteiger partial charge on any atom is -0.488 e. The first-order chi connectivity index (χ1) is 11.6. The van der Waals surface area contributed by atoms with Gasteiger partial charge in [-0.3, -0.25) is 9.78 Å². The Hall–Kier alpha value is -2.01. The predicted molar refractivity (Wildman–Crippen MR) is 95.5 cm³/mol. The van der Waals surface area contributed by atoms with Gasteiger partial charge >= 0.3 is 0 Å². The van der Waals surface area contributed by atoms with Gasteiger partial charge in [0.05, 0.1) is 10.9 Å². The quantitative estimate of drug-likeness (QED) is 0.861. The highest BCUT2D eigenvalue weighted by molar-refractivity contribution is 8.01. The van der Waals surface area contributed by atoms with Crippen molar-refractivity contribution in [2.75, 3.05) is 18.8 Å².